The Morgan fingerprint density at radius 1 is 0.833 bits per heavy atom. The predicted octanol–water partition coefficient (Wildman–Crippen LogP) is 5.03. The van der Waals surface area contributed by atoms with Crippen LogP contribution in [0.4, 0.5) is 21.9 Å². The summed E-state index contributed by atoms with van der Waals surface area (Å²) in [5, 5.41) is 11.4. The number of urea groups is 1. The van der Waals surface area contributed by atoms with E-state index in [0.717, 1.165) is 27.5 Å². The largest absolute Gasteiger partial charge is 0.399 e. The van der Waals surface area contributed by atoms with Crippen molar-refractivity contribution in [2.75, 3.05) is 16.4 Å². The Kier molecular flexibility index (Phi) is 5.30. The average Bonchev–Trinajstić information content (AvgIpc) is 2.75. The maximum Gasteiger partial charge on any atom is 0.323 e. The summed E-state index contributed by atoms with van der Waals surface area (Å²) in [4.78, 5) is 12.6. The first-order valence-electron chi connectivity index (χ1n) is 9.42. The highest BCUT2D eigenvalue weighted by atomic mass is 16.2. The average molecular weight is 395 g/mol. The summed E-state index contributed by atoms with van der Waals surface area (Å²) >= 11 is 0. The molecule has 0 aliphatic rings. The molecule has 0 saturated carbocycles. The Morgan fingerprint density at radius 3 is 2.37 bits per heavy atom. The van der Waals surface area contributed by atoms with Gasteiger partial charge in [0.15, 0.2) is 0 Å². The molecular formula is C24H21N5O. The first-order valence-corrected chi connectivity index (χ1v) is 9.42. The molecule has 2 amide bonds. The van der Waals surface area contributed by atoms with Crippen LogP contribution in [-0.2, 0) is 0 Å². The molecule has 0 aliphatic heterocycles. The first-order chi connectivity index (χ1) is 14.6. The molecule has 0 radical (unpaired) electrons. The second-order valence-corrected chi connectivity index (χ2v) is 6.85. The third kappa shape index (κ3) is 4.23. The number of hydrazone groups is 1. The van der Waals surface area contributed by atoms with Gasteiger partial charge in [0.05, 0.1) is 11.9 Å². The van der Waals surface area contributed by atoms with Gasteiger partial charge in [-0.2, -0.15) is 5.10 Å². The van der Waals surface area contributed by atoms with Gasteiger partial charge in [0.1, 0.15) is 0 Å². The van der Waals surface area contributed by atoms with E-state index in [2.05, 4.69) is 15.7 Å². The lowest BCUT2D eigenvalue weighted by atomic mass is 10.0. The van der Waals surface area contributed by atoms with Gasteiger partial charge in [0, 0.05) is 16.9 Å². The van der Waals surface area contributed by atoms with Crippen LogP contribution in [0.5, 0.6) is 0 Å². The maximum absolute atomic E-state index is 12.6. The summed E-state index contributed by atoms with van der Waals surface area (Å²) in [7, 11) is 0. The van der Waals surface area contributed by atoms with Crippen LogP contribution in [-0.4, -0.2) is 12.2 Å². The molecule has 0 unspecified atom stereocenters. The molecule has 0 heterocycles. The number of amides is 2. The number of rotatable bonds is 4. The molecule has 0 saturated heterocycles. The zero-order valence-electron chi connectivity index (χ0n) is 16.2. The van der Waals surface area contributed by atoms with E-state index in [1.165, 1.54) is 0 Å². The molecule has 30 heavy (non-hydrogen) atoms. The Labute approximate surface area is 174 Å². The second-order valence-electron chi connectivity index (χ2n) is 6.85. The fraction of sp³-hybridized carbons (Fsp3) is 0. The number of nitrogens with zero attached hydrogens (tertiary/aromatic N) is 1. The Hall–Kier alpha value is -4.32. The summed E-state index contributed by atoms with van der Waals surface area (Å²) in [6.07, 6.45) is 1.59. The monoisotopic (exact) mass is 395 g/mol. The molecule has 0 bridgehead atoms. The molecule has 148 valence electrons. The number of para-hydroxylation sites is 1. The number of anilines is 3. The molecule has 0 spiro atoms. The van der Waals surface area contributed by atoms with Gasteiger partial charge in [-0.3, -0.25) is 0 Å². The number of carbonyl (C=O) groups excluding carboxylic acids is 1. The lowest BCUT2D eigenvalue weighted by Crippen LogP contribution is -2.19. The standard InChI is InChI=1S/C24H21N5O/c25-20-10-7-17(8-11-20)22-3-1-2-4-23(22)29-24(30)28-21-12-9-18-13-16(15-27-26)5-6-19(18)14-21/h1-15H,25-26H2,(H2,28,29,30). The van der Waals surface area contributed by atoms with E-state index in [0.29, 0.717) is 17.1 Å². The highest BCUT2D eigenvalue weighted by Crippen LogP contribution is 2.28. The first kappa shape index (κ1) is 19.0. The summed E-state index contributed by atoms with van der Waals surface area (Å²) < 4.78 is 0. The molecule has 0 atom stereocenters. The van der Waals surface area contributed by atoms with Gasteiger partial charge < -0.3 is 22.2 Å². The van der Waals surface area contributed by atoms with E-state index < -0.39 is 0 Å². The van der Waals surface area contributed by atoms with Gasteiger partial charge in [0.2, 0.25) is 0 Å². The molecule has 6 N–H and O–H groups in total. The Balaban J connectivity index is 1.53. The van der Waals surface area contributed by atoms with E-state index in [4.69, 9.17) is 11.6 Å². The van der Waals surface area contributed by atoms with Crippen molar-refractivity contribution >= 4 is 40.1 Å². The third-order valence-electron chi connectivity index (χ3n) is 4.74. The fourth-order valence-electron chi connectivity index (χ4n) is 3.30. The van der Waals surface area contributed by atoms with Crippen molar-refractivity contribution in [3.05, 3.63) is 90.5 Å². The van der Waals surface area contributed by atoms with Crippen LogP contribution in [0.25, 0.3) is 21.9 Å². The minimum atomic E-state index is -0.316. The smallest absolute Gasteiger partial charge is 0.323 e. The minimum absolute atomic E-state index is 0.316. The molecule has 4 aromatic carbocycles. The van der Waals surface area contributed by atoms with Gasteiger partial charge in [-0.1, -0.05) is 48.5 Å². The Bertz CT molecular complexity index is 1230. The van der Waals surface area contributed by atoms with E-state index in [9.17, 15) is 4.79 Å². The van der Waals surface area contributed by atoms with Crippen molar-refractivity contribution < 1.29 is 4.79 Å². The number of fused-ring (bicyclic) bond motifs is 1. The molecule has 0 aromatic heterocycles. The molecule has 6 nitrogen and oxygen atoms in total. The Morgan fingerprint density at radius 2 is 1.57 bits per heavy atom. The van der Waals surface area contributed by atoms with E-state index in [1.807, 2.05) is 84.9 Å². The molecule has 4 rings (SSSR count). The van der Waals surface area contributed by atoms with Crippen molar-refractivity contribution in [1.82, 2.24) is 0 Å². The van der Waals surface area contributed by atoms with Crippen LogP contribution in [0.2, 0.25) is 0 Å². The zero-order valence-corrected chi connectivity index (χ0v) is 16.2. The van der Waals surface area contributed by atoms with Crippen molar-refractivity contribution in [3.63, 3.8) is 0 Å². The molecule has 6 heteroatoms. The van der Waals surface area contributed by atoms with Crippen LogP contribution in [0.3, 0.4) is 0 Å². The number of benzene rings is 4. The van der Waals surface area contributed by atoms with Crippen molar-refractivity contribution in [3.8, 4) is 11.1 Å². The fourth-order valence-corrected chi connectivity index (χ4v) is 3.30. The maximum atomic E-state index is 12.6. The van der Waals surface area contributed by atoms with Crippen LogP contribution in [0.1, 0.15) is 5.56 Å². The second kappa shape index (κ2) is 8.36. The number of nitrogens with one attached hydrogen (secondary N) is 2. The SMILES string of the molecule is NN=Cc1ccc2cc(NC(=O)Nc3ccccc3-c3ccc(N)cc3)ccc2c1. The van der Waals surface area contributed by atoms with Crippen molar-refractivity contribution in [2.24, 2.45) is 10.9 Å². The molecular weight excluding hydrogens is 374 g/mol. The number of nitrogens with two attached hydrogens (primary N) is 2. The topological polar surface area (TPSA) is 106 Å². The number of nitrogen functional groups attached to an aromatic ring is 1. The summed E-state index contributed by atoms with van der Waals surface area (Å²) in [6.45, 7) is 0. The molecule has 0 aliphatic carbocycles. The van der Waals surface area contributed by atoms with Crippen molar-refractivity contribution in [1.29, 1.82) is 0 Å². The van der Waals surface area contributed by atoms with E-state index in [-0.39, 0.29) is 6.03 Å². The van der Waals surface area contributed by atoms with Crippen LogP contribution in [0.15, 0.2) is 90.0 Å². The van der Waals surface area contributed by atoms with Crippen LogP contribution >= 0.6 is 0 Å². The minimum Gasteiger partial charge on any atom is -0.399 e. The van der Waals surface area contributed by atoms with Gasteiger partial charge in [-0.25, -0.2) is 4.79 Å². The normalized spacial score (nSPS) is 10.9. The van der Waals surface area contributed by atoms with Gasteiger partial charge >= 0.3 is 6.03 Å². The number of carbonyl (C=O) groups is 1. The predicted molar refractivity (Wildman–Crippen MR) is 125 cm³/mol. The van der Waals surface area contributed by atoms with E-state index >= 15 is 0 Å². The van der Waals surface area contributed by atoms with Crippen LogP contribution in [0, 0.1) is 0 Å². The highest BCUT2D eigenvalue weighted by molar-refractivity contribution is 6.03. The summed E-state index contributed by atoms with van der Waals surface area (Å²) in [5.41, 5.74) is 10.7. The van der Waals surface area contributed by atoms with Crippen molar-refractivity contribution in [2.45, 2.75) is 0 Å². The molecule has 0 fully saturated rings. The lowest BCUT2D eigenvalue weighted by Gasteiger charge is -2.13. The van der Waals surface area contributed by atoms with Crippen LogP contribution < -0.4 is 22.2 Å². The van der Waals surface area contributed by atoms with Gasteiger partial charge in [-0.05, 0) is 58.3 Å². The lowest BCUT2D eigenvalue weighted by molar-refractivity contribution is 0.262. The number of hydrogen-bond acceptors (Lipinski definition) is 4. The summed E-state index contributed by atoms with van der Waals surface area (Å²) in [6, 6.07) is 26.5. The zero-order chi connectivity index (χ0) is 20.9. The third-order valence-corrected chi connectivity index (χ3v) is 4.74. The summed E-state index contributed by atoms with van der Waals surface area (Å²) in [5.74, 6) is 5.21. The van der Waals surface area contributed by atoms with Gasteiger partial charge in [-0.15, -0.1) is 0 Å². The highest BCUT2D eigenvalue weighted by Gasteiger charge is 2.09. The van der Waals surface area contributed by atoms with E-state index in [1.54, 1.807) is 6.21 Å². The van der Waals surface area contributed by atoms with Gasteiger partial charge in [0.25, 0.3) is 0 Å². The number of hydrogen-bond donors (Lipinski definition) is 4. The quantitative estimate of drug-likeness (QED) is 0.169. The molecule has 4 aromatic rings.